The zero-order chi connectivity index (χ0) is 27.8. The number of carbonyl (C=O) groups excluding carboxylic acids is 1. The van der Waals surface area contributed by atoms with Gasteiger partial charge in [-0.2, -0.15) is 3.97 Å². The minimum atomic E-state index is -4.45. The van der Waals surface area contributed by atoms with Crippen molar-refractivity contribution in [3.05, 3.63) is 52.4 Å². The molecule has 1 N–H and O–H groups in total. The molecule has 1 amide bonds. The van der Waals surface area contributed by atoms with E-state index in [0.29, 0.717) is 17.9 Å². The van der Waals surface area contributed by atoms with Crippen molar-refractivity contribution in [2.45, 2.75) is 57.5 Å². The molecular formula is C26H35N3O7S. The van der Waals surface area contributed by atoms with E-state index in [1.54, 1.807) is 26.0 Å². The van der Waals surface area contributed by atoms with E-state index < -0.39 is 26.8 Å². The van der Waals surface area contributed by atoms with Crippen LogP contribution in [0, 0.1) is 0 Å². The molecule has 37 heavy (non-hydrogen) atoms. The van der Waals surface area contributed by atoms with Gasteiger partial charge in [-0.25, -0.2) is 13.2 Å². The molecule has 3 rings (SSSR count). The molecule has 0 saturated carbocycles. The Morgan fingerprint density at radius 1 is 1.00 bits per heavy atom. The first-order chi connectivity index (χ1) is 17.2. The van der Waals surface area contributed by atoms with Gasteiger partial charge in [0.25, 0.3) is 15.9 Å². The molecule has 1 aromatic heterocycles. The van der Waals surface area contributed by atoms with Crippen molar-refractivity contribution in [3.8, 4) is 11.5 Å². The highest BCUT2D eigenvalue weighted by Crippen LogP contribution is 2.31. The Balaban J connectivity index is 2.28. The monoisotopic (exact) mass is 533 g/mol. The highest BCUT2D eigenvalue weighted by molar-refractivity contribution is 7.90. The summed E-state index contributed by atoms with van der Waals surface area (Å²) in [6, 6.07) is 8.80. The number of nitrogens with zero attached hydrogens (tertiary/aromatic N) is 2. The van der Waals surface area contributed by atoms with Crippen LogP contribution in [0.1, 0.15) is 51.9 Å². The van der Waals surface area contributed by atoms with Gasteiger partial charge >= 0.3 is 5.69 Å². The number of aromatic nitrogens is 2. The number of nitrogens with one attached hydrogen (secondary N) is 1. The number of amides is 1. The van der Waals surface area contributed by atoms with Crippen molar-refractivity contribution in [1.29, 1.82) is 0 Å². The fourth-order valence-corrected chi connectivity index (χ4v) is 5.71. The third kappa shape index (κ3) is 5.52. The maximum atomic E-state index is 14.0. The highest BCUT2D eigenvalue weighted by atomic mass is 32.2. The maximum Gasteiger partial charge on any atom is 0.343 e. The lowest BCUT2D eigenvalue weighted by Gasteiger charge is -2.25. The van der Waals surface area contributed by atoms with Crippen LogP contribution in [0.4, 0.5) is 0 Å². The second-order valence-corrected chi connectivity index (χ2v) is 12.0. The van der Waals surface area contributed by atoms with E-state index in [0.717, 1.165) is 3.97 Å². The van der Waals surface area contributed by atoms with E-state index in [-0.39, 0.29) is 34.2 Å². The number of methoxy groups -OCH3 is 2. The van der Waals surface area contributed by atoms with Crippen molar-refractivity contribution < 1.29 is 27.4 Å². The van der Waals surface area contributed by atoms with Crippen LogP contribution in [0.25, 0.3) is 11.0 Å². The van der Waals surface area contributed by atoms with Gasteiger partial charge < -0.3 is 19.5 Å². The zero-order valence-electron chi connectivity index (χ0n) is 22.5. The first kappa shape index (κ1) is 28.3. The molecule has 0 aliphatic rings. The summed E-state index contributed by atoms with van der Waals surface area (Å²) in [5.41, 5.74) is -1.35. The molecule has 2 aromatic carbocycles. The Labute approximate surface area is 217 Å². The molecule has 0 saturated heterocycles. The Bertz CT molecular complexity index is 1480. The zero-order valence-corrected chi connectivity index (χ0v) is 23.4. The molecule has 0 radical (unpaired) electrons. The molecule has 1 heterocycles. The largest absolute Gasteiger partial charge is 0.495 e. The molecule has 11 heteroatoms. The van der Waals surface area contributed by atoms with E-state index in [1.165, 1.54) is 43.1 Å². The number of rotatable bonds is 9. The summed E-state index contributed by atoms with van der Waals surface area (Å²) in [6.07, 6.45) is 0. The summed E-state index contributed by atoms with van der Waals surface area (Å²) in [4.78, 5) is 26.2. The summed E-state index contributed by atoms with van der Waals surface area (Å²) in [5, 5.41) is 2.83. The molecular weight excluding hydrogens is 498 g/mol. The van der Waals surface area contributed by atoms with E-state index >= 15 is 0 Å². The quantitative estimate of drug-likeness (QED) is 0.448. The van der Waals surface area contributed by atoms with Crippen LogP contribution in [0.3, 0.4) is 0 Å². The summed E-state index contributed by atoms with van der Waals surface area (Å²) in [6.45, 7) is 11.5. The van der Waals surface area contributed by atoms with E-state index in [9.17, 15) is 18.0 Å². The molecule has 0 aliphatic carbocycles. The number of hydrogen-bond acceptors (Lipinski definition) is 7. The molecule has 10 nitrogen and oxygen atoms in total. The van der Waals surface area contributed by atoms with Crippen LogP contribution in [0.5, 0.6) is 11.5 Å². The van der Waals surface area contributed by atoms with Gasteiger partial charge in [-0.05, 0) is 71.9 Å². The Kier molecular flexibility index (Phi) is 7.80. The molecule has 0 fully saturated rings. The average molecular weight is 534 g/mol. The molecule has 0 aliphatic heterocycles. The van der Waals surface area contributed by atoms with Crippen molar-refractivity contribution in [2.75, 3.05) is 27.4 Å². The lowest BCUT2D eigenvalue weighted by Crippen LogP contribution is -2.41. The molecule has 0 atom stereocenters. The van der Waals surface area contributed by atoms with Gasteiger partial charge in [-0.15, -0.1) is 0 Å². The second-order valence-electron chi connectivity index (χ2n) is 10.3. The van der Waals surface area contributed by atoms with Crippen LogP contribution in [-0.2, 0) is 20.3 Å². The third-order valence-electron chi connectivity index (χ3n) is 5.62. The van der Waals surface area contributed by atoms with Gasteiger partial charge in [0.2, 0.25) is 0 Å². The highest BCUT2D eigenvalue weighted by Gasteiger charge is 2.33. The molecule has 0 spiro atoms. The molecule has 3 aromatic rings. The number of fused-ring (bicyclic) bond motifs is 1. The lowest BCUT2D eigenvalue weighted by atomic mass is 10.1. The summed E-state index contributed by atoms with van der Waals surface area (Å²) < 4.78 is 46.4. The van der Waals surface area contributed by atoms with Crippen molar-refractivity contribution in [3.63, 3.8) is 0 Å². The van der Waals surface area contributed by atoms with Gasteiger partial charge in [-0.3, -0.25) is 9.36 Å². The van der Waals surface area contributed by atoms with Crippen molar-refractivity contribution >= 4 is 27.0 Å². The van der Waals surface area contributed by atoms with E-state index in [1.807, 2.05) is 27.7 Å². The van der Waals surface area contributed by atoms with Gasteiger partial charge in [0.1, 0.15) is 16.4 Å². The fourth-order valence-electron chi connectivity index (χ4n) is 4.18. The number of benzene rings is 2. The molecule has 0 bridgehead atoms. The predicted octanol–water partition coefficient (Wildman–Crippen LogP) is 3.36. The maximum absolute atomic E-state index is 14.0. The summed E-state index contributed by atoms with van der Waals surface area (Å²) in [5.74, 6) is 0.0584. The minimum Gasteiger partial charge on any atom is -0.495 e. The van der Waals surface area contributed by atoms with Gasteiger partial charge in [0.05, 0.1) is 36.9 Å². The van der Waals surface area contributed by atoms with Crippen LogP contribution >= 0.6 is 0 Å². The van der Waals surface area contributed by atoms with Crippen LogP contribution in [0.15, 0.2) is 46.1 Å². The lowest BCUT2D eigenvalue weighted by molar-refractivity contribution is 0.0919. The first-order valence-electron chi connectivity index (χ1n) is 11.8. The van der Waals surface area contributed by atoms with Crippen LogP contribution in [0.2, 0.25) is 0 Å². The summed E-state index contributed by atoms with van der Waals surface area (Å²) >= 11 is 0. The van der Waals surface area contributed by atoms with Gasteiger partial charge in [-0.1, -0.05) is 0 Å². The Morgan fingerprint density at radius 2 is 1.68 bits per heavy atom. The number of hydrogen-bond donors (Lipinski definition) is 1. The number of carbonyl (C=O) groups is 1. The number of ether oxygens (including phenoxy) is 3. The normalized spacial score (nSPS) is 12.5. The fraction of sp³-hybridized carbons (Fsp3) is 0.462. The van der Waals surface area contributed by atoms with Crippen molar-refractivity contribution in [2.24, 2.45) is 0 Å². The molecule has 0 unspecified atom stereocenters. The smallest absolute Gasteiger partial charge is 0.343 e. The SMILES string of the molecule is CCOc1ccc2c(c1)n(C(C)(C)COC)c(=O)n2S(=O)(=O)c1ccc(C(=O)NC(C)(C)C)cc1OC. The van der Waals surface area contributed by atoms with E-state index in [2.05, 4.69) is 5.32 Å². The van der Waals surface area contributed by atoms with Crippen LogP contribution in [-0.4, -0.2) is 55.8 Å². The average Bonchev–Trinajstić information content (AvgIpc) is 3.10. The van der Waals surface area contributed by atoms with Gasteiger partial charge in [0.15, 0.2) is 0 Å². The van der Waals surface area contributed by atoms with Crippen LogP contribution < -0.4 is 20.5 Å². The molecule has 202 valence electrons. The second kappa shape index (κ2) is 10.2. The Morgan fingerprint density at radius 3 is 2.24 bits per heavy atom. The number of imidazole rings is 1. The third-order valence-corrected chi connectivity index (χ3v) is 7.34. The first-order valence-corrected chi connectivity index (χ1v) is 13.3. The standard InChI is InChI=1S/C26H35N3O7S/c1-9-36-18-11-12-19-20(15-18)28(26(5,6)16-34-7)24(31)29(19)37(32,33)22-13-10-17(14-21(22)35-8)23(30)27-25(2,3)4/h10-15H,9,16H2,1-8H3,(H,27,30). The van der Waals surface area contributed by atoms with E-state index in [4.69, 9.17) is 14.2 Å². The van der Waals surface area contributed by atoms with Crippen molar-refractivity contribution in [1.82, 2.24) is 13.9 Å². The minimum absolute atomic E-state index is 0.0588. The topological polar surface area (TPSA) is 118 Å². The van der Waals surface area contributed by atoms with Gasteiger partial charge in [0, 0.05) is 24.3 Å². The Hall–Kier alpha value is -3.31. The predicted molar refractivity (Wildman–Crippen MR) is 141 cm³/mol. The summed E-state index contributed by atoms with van der Waals surface area (Å²) in [7, 11) is -1.63.